The second-order valence-corrected chi connectivity index (χ2v) is 9.71. The van der Waals surface area contributed by atoms with Crippen LogP contribution in [0.4, 0.5) is 0 Å². The molecule has 1 saturated carbocycles. The predicted octanol–water partition coefficient (Wildman–Crippen LogP) is 3.55. The lowest BCUT2D eigenvalue weighted by atomic mass is 9.97. The van der Waals surface area contributed by atoms with Crippen LogP contribution in [0.15, 0.2) is 30.3 Å². The number of esters is 1. The number of hydrogen-bond acceptors (Lipinski definition) is 5. The highest BCUT2D eigenvalue weighted by molar-refractivity contribution is 6.30. The zero-order valence-electron chi connectivity index (χ0n) is 19.3. The normalized spacial score (nSPS) is 22.5. The molecule has 3 aliphatic rings. The van der Waals surface area contributed by atoms with Crippen LogP contribution in [0.2, 0.25) is 5.02 Å². The fourth-order valence-corrected chi connectivity index (χ4v) is 5.62. The number of carbonyl (C=O) groups is 3. The molecule has 2 aromatic rings. The summed E-state index contributed by atoms with van der Waals surface area (Å²) in [4.78, 5) is 42.2. The Hall–Kier alpha value is -2.87. The van der Waals surface area contributed by atoms with Gasteiger partial charge in [-0.2, -0.15) is 5.10 Å². The van der Waals surface area contributed by atoms with Gasteiger partial charge < -0.3 is 14.5 Å². The molecule has 0 bridgehead atoms. The van der Waals surface area contributed by atoms with Crippen LogP contribution in [-0.2, 0) is 14.3 Å². The number of fused-ring (bicyclic) bond motifs is 3. The van der Waals surface area contributed by atoms with Crippen molar-refractivity contribution in [3.05, 3.63) is 41.0 Å². The lowest BCUT2D eigenvalue weighted by molar-refractivity contribution is -0.151. The van der Waals surface area contributed by atoms with Crippen molar-refractivity contribution in [2.75, 3.05) is 26.2 Å². The van der Waals surface area contributed by atoms with Crippen molar-refractivity contribution in [3.63, 3.8) is 0 Å². The van der Waals surface area contributed by atoms with Crippen molar-refractivity contribution >= 4 is 29.4 Å². The lowest BCUT2D eigenvalue weighted by Gasteiger charge is -2.39. The van der Waals surface area contributed by atoms with E-state index in [4.69, 9.17) is 21.4 Å². The first-order valence-electron chi connectivity index (χ1n) is 12.1. The van der Waals surface area contributed by atoms with Gasteiger partial charge in [0.2, 0.25) is 5.91 Å². The number of rotatable bonds is 5. The van der Waals surface area contributed by atoms with Gasteiger partial charge in [0.05, 0.1) is 30.3 Å². The molecule has 2 atom stereocenters. The highest BCUT2D eigenvalue weighted by Gasteiger charge is 2.44. The molecule has 8 nitrogen and oxygen atoms in total. The molecular formula is C25H29ClN4O4. The van der Waals surface area contributed by atoms with E-state index in [2.05, 4.69) is 0 Å². The number of likely N-dealkylation sites (tertiary alicyclic amines) is 1. The fraction of sp³-hybridized carbons (Fsp3) is 0.520. The van der Waals surface area contributed by atoms with Gasteiger partial charge in [-0.3, -0.25) is 19.1 Å². The Bertz CT molecular complexity index is 1090. The van der Waals surface area contributed by atoms with E-state index in [-0.39, 0.29) is 42.3 Å². The molecule has 1 saturated heterocycles. The Morgan fingerprint density at radius 2 is 1.79 bits per heavy atom. The van der Waals surface area contributed by atoms with E-state index in [0.717, 1.165) is 30.5 Å². The van der Waals surface area contributed by atoms with Crippen LogP contribution >= 0.6 is 11.6 Å². The maximum Gasteiger partial charge on any atom is 0.309 e. The second kappa shape index (κ2) is 9.41. The van der Waals surface area contributed by atoms with Gasteiger partial charge >= 0.3 is 5.97 Å². The van der Waals surface area contributed by atoms with Gasteiger partial charge in [0.15, 0.2) is 0 Å². The number of nitrogens with zero attached hydrogens (tertiary/aromatic N) is 4. The second-order valence-electron chi connectivity index (χ2n) is 9.27. The van der Waals surface area contributed by atoms with Gasteiger partial charge in [0.25, 0.3) is 5.91 Å². The first-order chi connectivity index (χ1) is 16.5. The molecule has 0 radical (unpaired) electrons. The SMILES string of the molecule is CCOC(=O)C1CCN(C(=O)CN2C(=O)c3cc(-c4ccc(Cl)cc4)nn3[C@@H]3CCC[C@@H]32)CC1. The number of amides is 2. The number of aromatic nitrogens is 2. The zero-order valence-corrected chi connectivity index (χ0v) is 20.0. The van der Waals surface area contributed by atoms with Gasteiger partial charge in [-0.15, -0.1) is 0 Å². The summed E-state index contributed by atoms with van der Waals surface area (Å²) in [5.74, 6) is -0.544. The minimum atomic E-state index is -0.181. The molecule has 180 valence electrons. The van der Waals surface area contributed by atoms with Gasteiger partial charge in [0, 0.05) is 23.7 Å². The van der Waals surface area contributed by atoms with Crippen molar-refractivity contribution in [2.24, 2.45) is 5.92 Å². The molecule has 1 aromatic carbocycles. The molecule has 0 spiro atoms. The zero-order chi connectivity index (χ0) is 23.8. The van der Waals surface area contributed by atoms with Crippen molar-refractivity contribution in [1.29, 1.82) is 0 Å². The van der Waals surface area contributed by atoms with Crippen LogP contribution in [0.5, 0.6) is 0 Å². The number of ether oxygens (including phenoxy) is 1. The summed E-state index contributed by atoms with van der Waals surface area (Å²) in [6.45, 7) is 3.25. The monoisotopic (exact) mass is 484 g/mol. The van der Waals surface area contributed by atoms with Gasteiger partial charge in [-0.1, -0.05) is 23.7 Å². The molecule has 2 aliphatic heterocycles. The summed E-state index contributed by atoms with van der Waals surface area (Å²) in [6, 6.07) is 9.29. The standard InChI is InChI=1S/C25H29ClN4O4/c1-2-34-25(33)17-10-12-28(13-11-17)23(31)15-29-20-4-3-5-21(20)30-22(24(29)32)14-19(27-30)16-6-8-18(26)9-7-16/h6-9,14,17,20-21H,2-5,10-13,15H2,1H3/t20-,21+/m0/s1. The molecule has 1 aliphatic carbocycles. The van der Waals surface area contributed by atoms with E-state index >= 15 is 0 Å². The Labute approximate surface area is 203 Å². The van der Waals surface area contributed by atoms with Crippen molar-refractivity contribution in [2.45, 2.75) is 51.1 Å². The highest BCUT2D eigenvalue weighted by Crippen LogP contribution is 2.40. The smallest absolute Gasteiger partial charge is 0.309 e. The number of benzene rings is 1. The molecule has 2 amide bonds. The molecule has 1 aromatic heterocycles. The average Bonchev–Trinajstić information content (AvgIpc) is 3.50. The summed E-state index contributed by atoms with van der Waals surface area (Å²) in [5, 5.41) is 5.42. The maximum atomic E-state index is 13.5. The summed E-state index contributed by atoms with van der Waals surface area (Å²) in [5.41, 5.74) is 2.17. The van der Waals surface area contributed by atoms with Gasteiger partial charge in [0.1, 0.15) is 12.2 Å². The van der Waals surface area contributed by atoms with Crippen LogP contribution in [0.25, 0.3) is 11.3 Å². The van der Waals surface area contributed by atoms with Crippen LogP contribution in [0.3, 0.4) is 0 Å². The van der Waals surface area contributed by atoms with E-state index in [1.54, 1.807) is 16.7 Å². The van der Waals surface area contributed by atoms with Crippen LogP contribution in [0, 0.1) is 5.92 Å². The first-order valence-corrected chi connectivity index (χ1v) is 12.4. The van der Waals surface area contributed by atoms with E-state index in [0.29, 0.717) is 43.3 Å². The number of hydrogen-bond donors (Lipinski definition) is 0. The van der Waals surface area contributed by atoms with Crippen LogP contribution in [0.1, 0.15) is 55.6 Å². The number of halogens is 1. The van der Waals surface area contributed by atoms with Gasteiger partial charge in [-0.05, 0) is 57.2 Å². The third kappa shape index (κ3) is 4.19. The Balaban J connectivity index is 1.31. The molecular weight excluding hydrogens is 456 g/mol. The molecule has 3 heterocycles. The topological polar surface area (TPSA) is 84.7 Å². The predicted molar refractivity (Wildman–Crippen MR) is 126 cm³/mol. The third-order valence-electron chi connectivity index (χ3n) is 7.29. The molecule has 5 rings (SSSR count). The summed E-state index contributed by atoms with van der Waals surface area (Å²) < 4.78 is 6.99. The fourth-order valence-electron chi connectivity index (χ4n) is 5.50. The Morgan fingerprint density at radius 1 is 1.09 bits per heavy atom. The van der Waals surface area contributed by atoms with E-state index in [9.17, 15) is 14.4 Å². The summed E-state index contributed by atoms with van der Waals surface area (Å²) in [7, 11) is 0. The van der Waals surface area contributed by atoms with Crippen molar-refractivity contribution < 1.29 is 19.1 Å². The lowest BCUT2D eigenvalue weighted by Crippen LogP contribution is -2.53. The molecule has 0 N–H and O–H groups in total. The summed E-state index contributed by atoms with van der Waals surface area (Å²) >= 11 is 6.02. The third-order valence-corrected chi connectivity index (χ3v) is 7.54. The van der Waals surface area contributed by atoms with Crippen molar-refractivity contribution in [1.82, 2.24) is 19.6 Å². The summed E-state index contributed by atoms with van der Waals surface area (Å²) in [6.07, 6.45) is 3.99. The van der Waals surface area contributed by atoms with E-state index in [1.165, 1.54) is 0 Å². The van der Waals surface area contributed by atoms with Crippen molar-refractivity contribution in [3.8, 4) is 11.3 Å². The average molecular weight is 485 g/mol. The molecule has 0 unspecified atom stereocenters. The highest BCUT2D eigenvalue weighted by atomic mass is 35.5. The minimum absolute atomic E-state index is 0.0287. The maximum absolute atomic E-state index is 13.5. The molecule has 34 heavy (non-hydrogen) atoms. The molecule has 2 fully saturated rings. The Morgan fingerprint density at radius 3 is 2.50 bits per heavy atom. The number of carbonyl (C=O) groups excluding carboxylic acids is 3. The minimum Gasteiger partial charge on any atom is -0.466 e. The van der Waals surface area contributed by atoms with Crippen LogP contribution < -0.4 is 0 Å². The quantitative estimate of drug-likeness (QED) is 0.606. The number of piperidine rings is 1. The largest absolute Gasteiger partial charge is 0.466 e. The Kier molecular flexibility index (Phi) is 6.34. The van der Waals surface area contributed by atoms with Crippen LogP contribution in [-0.4, -0.2) is 69.6 Å². The van der Waals surface area contributed by atoms with Gasteiger partial charge in [-0.25, -0.2) is 0 Å². The molecule has 9 heteroatoms. The first kappa shape index (κ1) is 22.9. The van der Waals surface area contributed by atoms with E-state index in [1.807, 2.05) is 35.0 Å². The van der Waals surface area contributed by atoms with E-state index < -0.39 is 0 Å².